The van der Waals surface area contributed by atoms with Crippen molar-refractivity contribution in [2.24, 2.45) is 5.41 Å². The first kappa shape index (κ1) is 5.87. The SMILES string of the molecule is CCC=CC1(C)CC1. The second-order valence-corrected chi connectivity index (χ2v) is 2.96. The van der Waals surface area contributed by atoms with E-state index in [1.807, 2.05) is 0 Å². The van der Waals surface area contributed by atoms with Gasteiger partial charge in [-0.15, -0.1) is 0 Å². The van der Waals surface area contributed by atoms with Crippen LogP contribution >= 0.6 is 0 Å². The molecule has 1 rings (SSSR count). The fourth-order valence-corrected chi connectivity index (χ4v) is 0.766. The highest BCUT2D eigenvalue weighted by molar-refractivity contribution is 5.05. The van der Waals surface area contributed by atoms with Crippen molar-refractivity contribution in [2.75, 3.05) is 0 Å². The highest BCUT2D eigenvalue weighted by Crippen LogP contribution is 2.46. The van der Waals surface area contributed by atoms with E-state index in [0.29, 0.717) is 5.41 Å². The Balaban J connectivity index is 2.27. The number of hydrogen-bond acceptors (Lipinski definition) is 0. The van der Waals surface area contributed by atoms with E-state index in [1.165, 1.54) is 19.3 Å². The molecule has 0 aromatic carbocycles. The van der Waals surface area contributed by atoms with Crippen molar-refractivity contribution in [1.29, 1.82) is 0 Å². The van der Waals surface area contributed by atoms with Crippen molar-refractivity contribution in [1.82, 2.24) is 0 Å². The lowest BCUT2D eigenvalue weighted by Gasteiger charge is -1.94. The van der Waals surface area contributed by atoms with Crippen LogP contribution in [0.4, 0.5) is 0 Å². The Morgan fingerprint density at radius 2 is 2.12 bits per heavy atom. The highest BCUT2D eigenvalue weighted by atomic mass is 14.4. The molecule has 1 aliphatic carbocycles. The minimum Gasteiger partial charge on any atom is -0.0883 e. The molecule has 0 spiro atoms. The van der Waals surface area contributed by atoms with Gasteiger partial charge in [0.15, 0.2) is 0 Å². The van der Waals surface area contributed by atoms with Crippen LogP contribution < -0.4 is 0 Å². The molecule has 0 unspecified atom stereocenters. The number of allylic oxidation sites excluding steroid dienone is 2. The molecule has 0 amide bonds. The molecule has 0 N–H and O–H groups in total. The molecule has 0 heterocycles. The minimum atomic E-state index is 0.621. The van der Waals surface area contributed by atoms with E-state index in [2.05, 4.69) is 26.0 Å². The second kappa shape index (κ2) is 1.93. The Morgan fingerprint density at radius 3 is 2.50 bits per heavy atom. The summed E-state index contributed by atoms with van der Waals surface area (Å²) in [5, 5.41) is 0. The molecule has 0 saturated heterocycles. The molecule has 0 aliphatic heterocycles. The maximum Gasteiger partial charge on any atom is -0.0146 e. The van der Waals surface area contributed by atoms with Crippen LogP contribution in [0, 0.1) is 5.41 Å². The van der Waals surface area contributed by atoms with Crippen molar-refractivity contribution in [2.45, 2.75) is 33.1 Å². The van der Waals surface area contributed by atoms with Gasteiger partial charge in [-0.2, -0.15) is 0 Å². The molecule has 1 aliphatic rings. The van der Waals surface area contributed by atoms with Crippen LogP contribution in [-0.2, 0) is 0 Å². The Bertz CT molecular complexity index is 96.6. The van der Waals surface area contributed by atoms with Gasteiger partial charge in [-0.05, 0) is 24.7 Å². The monoisotopic (exact) mass is 110 g/mol. The number of rotatable bonds is 2. The molecular formula is C8H14. The van der Waals surface area contributed by atoms with Gasteiger partial charge in [0, 0.05) is 0 Å². The molecule has 0 heteroatoms. The standard InChI is InChI=1S/C8H14/c1-3-4-5-8(2)6-7-8/h4-5H,3,6-7H2,1-2H3. The quantitative estimate of drug-likeness (QED) is 0.479. The lowest BCUT2D eigenvalue weighted by atomic mass is 10.1. The third-order valence-corrected chi connectivity index (χ3v) is 1.79. The summed E-state index contributed by atoms with van der Waals surface area (Å²) < 4.78 is 0. The van der Waals surface area contributed by atoms with Crippen LogP contribution in [-0.4, -0.2) is 0 Å². The number of hydrogen-bond donors (Lipinski definition) is 0. The normalized spacial score (nSPS) is 24.2. The fraction of sp³-hybridized carbons (Fsp3) is 0.750. The van der Waals surface area contributed by atoms with Gasteiger partial charge in [0.25, 0.3) is 0 Å². The third-order valence-electron chi connectivity index (χ3n) is 1.79. The Morgan fingerprint density at radius 1 is 1.50 bits per heavy atom. The van der Waals surface area contributed by atoms with E-state index < -0.39 is 0 Å². The van der Waals surface area contributed by atoms with Gasteiger partial charge in [-0.3, -0.25) is 0 Å². The van der Waals surface area contributed by atoms with E-state index in [-0.39, 0.29) is 0 Å². The van der Waals surface area contributed by atoms with E-state index >= 15 is 0 Å². The molecule has 1 fully saturated rings. The van der Waals surface area contributed by atoms with Crippen LogP contribution in [0.2, 0.25) is 0 Å². The van der Waals surface area contributed by atoms with E-state index in [9.17, 15) is 0 Å². The largest absolute Gasteiger partial charge is 0.0883 e. The van der Waals surface area contributed by atoms with Crippen LogP contribution in [0.3, 0.4) is 0 Å². The molecular weight excluding hydrogens is 96.1 g/mol. The van der Waals surface area contributed by atoms with Gasteiger partial charge in [0.05, 0.1) is 0 Å². The molecule has 46 valence electrons. The summed E-state index contributed by atoms with van der Waals surface area (Å²) in [4.78, 5) is 0. The Hall–Kier alpha value is -0.260. The predicted octanol–water partition coefficient (Wildman–Crippen LogP) is 2.75. The van der Waals surface area contributed by atoms with E-state index in [0.717, 1.165) is 0 Å². The van der Waals surface area contributed by atoms with Crippen molar-refractivity contribution < 1.29 is 0 Å². The van der Waals surface area contributed by atoms with Crippen LogP contribution in [0.25, 0.3) is 0 Å². The average Bonchev–Trinajstić information content (AvgIpc) is 2.45. The van der Waals surface area contributed by atoms with Gasteiger partial charge >= 0.3 is 0 Å². The molecule has 0 radical (unpaired) electrons. The zero-order valence-corrected chi connectivity index (χ0v) is 5.78. The summed E-state index contributed by atoms with van der Waals surface area (Å²) in [5.74, 6) is 0. The first-order chi connectivity index (χ1) is 3.77. The van der Waals surface area contributed by atoms with Crippen LogP contribution in [0.5, 0.6) is 0 Å². The molecule has 0 aromatic heterocycles. The second-order valence-electron chi connectivity index (χ2n) is 2.96. The minimum absolute atomic E-state index is 0.621. The van der Waals surface area contributed by atoms with Gasteiger partial charge in [0.2, 0.25) is 0 Å². The van der Waals surface area contributed by atoms with Gasteiger partial charge < -0.3 is 0 Å². The molecule has 0 bridgehead atoms. The van der Waals surface area contributed by atoms with Crippen molar-refractivity contribution >= 4 is 0 Å². The summed E-state index contributed by atoms with van der Waals surface area (Å²) in [6, 6.07) is 0. The summed E-state index contributed by atoms with van der Waals surface area (Å²) >= 11 is 0. The molecule has 8 heavy (non-hydrogen) atoms. The average molecular weight is 110 g/mol. The lowest BCUT2D eigenvalue weighted by molar-refractivity contribution is 0.743. The summed E-state index contributed by atoms with van der Waals surface area (Å²) in [5.41, 5.74) is 0.621. The van der Waals surface area contributed by atoms with Gasteiger partial charge in [0.1, 0.15) is 0 Å². The first-order valence-corrected chi connectivity index (χ1v) is 3.44. The lowest BCUT2D eigenvalue weighted by Crippen LogP contribution is -1.82. The predicted molar refractivity (Wildman–Crippen MR) is 36.8 cm³/mol. The van der Waals surface area contributed by atoms with Crippen LogP contribution in [0.1, 0.15) is 33.1 Å². The third kappa shape index (κ3) is 1.36. The molecule has 1 saturated carbocycles. The maximum atomic E-state index is 2.35. The summed E-state index contributed by atoms with van der Waals surface area (Å²) in [6.07, 6.45) is 8.63. The van der Waals surface area contributed by atoms with Crippen molar-refractivity contribution in [3.05, 3.63) is 12.2 Å². The summed E-state index contributed by atoms with van der Waals surface area (Å²) in [6.45, 7) is 4.50. The zero-order chi connectivity index (χ0) is 6.04. The van der Waals surface area contributed by atoms with E-state index in [1.54, 1.807) is 0 Å². The van der Waals surface area contributed by atoms with Crippen LogP contribution in [0.15, 0.2) is 12.2 Å². The fourth-order valence-electron chi connectivity index (χ4n) is 0.766. The van der Waals surface area contributed by atoms with Crippen molar-refractivity contribution in [3.8, 4) is 0 Å². The topological polar surface area (TPSA) is 0 Å². The zero-order valence-electron chi connectivity index (χ0n) is 5.78. The Labute approximate surface area is 51.6 Å². The van der Waals surface area contributed by atoms with Gasteiger partial charge in [-0.1, -0.05) is 26.0 Å². The highest BCUT2D eigenvalue weighted by Gasteiger charge is 2.33. The Kier molecular flexibility index (Phi) is 1.41. The maximum absolute atomic E-state index is 2.35. The first-order valence-electron chi connectivity index (χ1n) is 3.44. The van der Waals surface area contributed by atoms with Crippen molar-refractivity contribution in [3.63, 3.8) is 0 Å². The molecule has 0 atom stereocenters. The molecule has 0 aromatic rings. The summed E-state index contributed by atoms with van der Waals surface area (Å²) in [7, 11) is 0. The smallest absolute Gasteiger partial charge is 0.0146 e. The molecule has 0 nitrogen and oxygen atoms in total. The van der Waals surface area contributed by atoms with Gasteiger partial charge in [-0.25, -0.2) is 0 Å². The van der Waals surface area contributed by atoms with E-state index in [4.69, 9.17) is 0 Å².